The summed E-state index contributed by atoms with van der Waals surface area (Å²) in [5, 5.41) is 25.0. The highest BCUT2D eigenvalue weighted by atomic mass is 19.1. The minimum Gasteiger partial charge on any atom is -0.423 e. The number of halogens is 1. The Morgan fingerprint density at radius 3 is 2.79 bits per heavy atom. The van der Waals surface area contributed by atoms with Crippen molar-refractivity contribution >= 4 is 23.6 Å². The molecule has 0 atom stereocenters. The predicted molar refractivity (Wildman–Crippen MR) is 48.3 cm³/mol. The van der Waals surface area contributed by atoms with Gasteiger partial charge < -0.3 is 10.0 Å². The smallest absolute Gasteiger partial charge is 0.423 e. The standard InChI is InChI=1S/C7H7BFN3O2/c1-12-7-5(9)2-4(8(13)14)3-6(7)10-11-12/h2-3,13-14H,1H3. The molecule has 0 radical (unpaired) electrons. The van der Waals surface area contributed by atoms with E-state index in [1.54, 1.807) is 7.05 Å². The lowest BCUT2D eigenvalue weighted by Gasteiger charge is -2.00. The molecule has 0 spiro atoms. The van der Waals surface area contributed by atoms with Crippen molar-refractivity contribution in [3.05, 3.63) is 17.9 Å². The molecule has 72 valence electrons. The van der Waals surface area contributed by atoms with E-state index in [0.717, 1.165) is 6.07 Å². The zero-order chi connectivity index (χ0) is 10.3. The van der Waals surface area contributed by atoms with E-state index < -0.39 is 12.9 Å². The summed E-state index contributed by atoms with van der Waals surface area (Å²) < 4.78 is 14.7. The number of nitrogens with zero attached hydrogens (tertiary/aromatic N) is 3. The van der Waals surface area contributed by atoms with Crippen molar-refractivity contribution in [1.29, 1.82) is 0 Å². The maximum atomic E-state index is 13.4. The van der Waals surface area contributed by atoms with Crippen molar-refractivity contribution in [1.82, 2.24) is 15.0 Å². The van der Waals surface area contributed by atoms with Gasteiger partial charge in [-0.3, -0.25) is 0 Å². The van der Waals surface area contributed by atoms with Crippen molar-refractivity contribution < 1.29 is 14.4 Å². The highest BCUT2D eigenvalue weighted by Gasteiger charge is 2.16. The number of aryl methyl sites for hydroxylation is 1. The van der Waals surface area contributed by atoms with Gasteiger partial charge in [0.2, 0.25) is 0 Å². The Kier molecular flexibility index (Phi) is 1.97. The lowest BCUT2D eigenvalue weighted by Crippen LogP contribution is -2.30. The molecule has 0 saturated carbocycles. The maximum Gasteiger partial charge on any atom is 0.488 e. The van der Waals surface area contributed by atoms with Gasteiger partial charge in [0.25, 0.3) is 0 Å². The van der Waals surface area contributed by atoms with E-state index in [1.165, 1.54) is 10.7 Å². The first-order valence-corrected chi connectivity index (χ1v) is 3.94. The van der Waals surface area contributed by atoms with Crippen LogP contribution in [0.1, 0.15) is 0 Å². The van der Waals surface area contributed by atoms with Crippen LogP contribution >= 0.6 is 0 Å². The number of hydrogen-bond acceptors (Lipinski definition) is 4. The first-order valence-electron chi connectivity index (χ1n) is 3.94. The average Bonchev–Trinajstić information content (AvgIpc) is 2.48. The van der Waals surface area contributed by atoms with Crippen LogP contribution in [0.4, 0.5) is 4.39 Å². The van der Waals surface area contributed by atoms with Gasteiger partial charge in [0.15, 0.2) is 0 Å². The molecule has 0 unspecified atom stereocenters. The first kappa shape index (κ1) is 9.10. The number of hydrogen-bond donors (Lipinski definition) is 2. The Morgan fingerprint density at radius 2 is 2.14 bits per heavy atom. The Labute approximate surface area is 78.9 Å². The molecule has 7 heteroatoms. The van der Waals surface area contributed by atoms with Crippen LogP contribution in [0.3, 0.4) is 0 Å². The summed E-state index contributed by atoms with van der Waals surface area (Å²) in [5.74, 6) is -0.571. The number of rotatable bonds is 1. The summed E-state index contributed by atoms with van der Waals surface area (Å²) in [6.07, 6.45) is 0. The van der Waals surface area contributed by atoms with Gasteiger partial charge >= 0.3 is 7.12 Å². The molecule has 5 nitrogen and oxygen atoms in total. The molecule has 0 bridgehead atoms. The highest BCUT2D eigenvalue weighted by Crippen LogP contribution is 2.12. The van der Waals surface area contributed by atoms with Crippen LogP contribution in [-0.4, -0.2) is 32.2 Å². The fraction of sp³-hybridized carbons (Fsp3) is 0.143. The summed E-state index contributed by atoms with van der Waals surface area (Å²) in [4.78, 5) is 0. The molecule has 0 aliphatic heterocycles. The zero-order valence-corrected chi connectivity index (χ0v) is 7.35. The van der Waals surface area contributed by atoms with E-state index in [1.807, 2.05) is 0 Å². The minimum absolute atomic E-state index is 0.0653. The second-order valence-electron chi connectivity index (χ2n) is 2.96. The molecule has 0 amide bonds. The van der Waals surface area contributed by atoms with Gasteiger partial charge in [0.05, 0.1) is 0 Å². The molecule has 2 aromatic rings. The van der Waals surface area contributed by atoms with Gasteiger partial charge in [-0.05, 0) is 17.6 Å². The van der Waals surface area contributed by atoms with E-state index in [0.29, 0.717) is 5.52 Å². The SMILES string of the molecule is Cn1nnc2cc(B(O)O)cc(F)c21. The quantitative estimate of drug-likeness (QED) is 0.560. The third-order valence-corrected chi connectivity index (χ3v) is 1.97. The van der Waals surface area contributed by atoms with Crippen LogP contribution in [0, 0.1) is 5.82 Å². The van der Waals surface area contributed by atoms with Gasteiger partial charge in [-0.1, -0.05) is 5.21 Å². The minimum atomic E-state index is -1.70. The summed E-state index contributed by atoms with van der Waals surface area (Å²) in [7, 11) is -0.135. The topological polar surface area (TPSA) is 71.2 Å². The Bertz CT molecular complexity index is 485. The lowest BCUT2D eigenvalue weighted by atomic mass is 9.80. The molecule has 2 rings (SSSR count). The van der Waals surface area contributed by atoms with Gasteiger partial charge in [-0.2, -0.15) is 0 Å². The molecular formula is C7H7BFN3O2. The molecule has 1 aromatic heterocycles. The molecule has 1 heterocycles. The number of fused-ring (bicyclic) bond motifs is 1. The average molecular weight is 195 g/mol. The maximum absolute atomic E-state index is 13.4. The van der Waals surface area contributed by atoms with Crippen LogP contribution in [-0.2, 0) is 7.05 Å². The van der Waals surface area contributed by atoms with E-state index in [9.17, 15) is 4.39 Å². The highest BCUT2D eigenvalue weighted by molar-refractivity contribution is 6.58. The largest absolute Gasteiger partial charge is 0.488 e. The van der Waals surface area contributed by atoms with E-state index in [-0.39, 0.29) is 11.0 Å². The fourth-order valence-electron chi connectivity index (χ4n) is 1.31. The van der Waals surface area contributed by atoms with Gasteiger partial charge in [0, 0.05) is 7.05 Å². The van der Waals surface area contributed by atoms with Crippen LogP contribution < -0.4 is 5.46 Å². The third kappa shape index (κ3) is 1.26. The fourth-order valence-corrected chi connectivity index (χ4v) is 1.31. The number of benzene rings is 1. The molecular weight excluding hydrogens is 188 g/mol. The van der Waals surface area contributed by atoms with E-state index >= 15 is 0 Å². The van der Waals surface area contributed by atoms with Crippen molar-refractivity contribution in [2.24, 2.45) is 7.05 Å². The molecule has 1 aromatic carbocycles. The van der Waals surface area contributed by atoms with Crippen molar-refractivity contribution in [2.75, 3.05) is 0 Å². The first-order chi connectivity index (χ1) is 6.59. The zero-order valence-electron chi connectivity index (χ0n) is 7.35. The van der Waals surface area contributed by atoms with E-state index in [2.05, 4.69) is 10.3 Å². The second kappa shape index (κ2) is 3.04. The van der Waals surface area contributed by atoms with Gasteiger partial charge in [-0.15, -0.1) is 5.10 Å². The number of aromatic nitrogens is 3. The van der Waals surface area contributed by atoms with Crippen LogP contribution in [0.15, 0.2) is 12.1 Å². The predicted octanol–water partition coefficient (Wildman–Crippen LogP) is -1.21. The van der Waals surface area contributed by atoms with Crippen LogP contribution in [0.5, 0.6) is 0 Å². The van der Waals surface area contributed by atoms with Gasteiger partial charge in [-0.25, -0.2) is 9.07 Å². The second-order valence-corrected chi connectivity index (χ2v) is 2.96. The lowest BCUT2D eigenvalue weighted by molar-refractivity contribution is 0.425. The monoisotopic (exact) mass is 195 g/mol. The molecule has 0 fully saturated rings. The normalized spacial score (nSPS) is 10.9. The molecule has 0 saturated heterocycles. The van der Waals surface area contributed by atoms with Gasteiger partial charge in [0.1, 0.15) is 16.9 Å². The Hall–Kier alpha value is -1.47. The Balaban J connectivity index is 2.74. The molecule has 0 aliphatic rings. The van der Waals surface area contributed by atoms with Crippen LogP contribution in [0.2, 0.25) is 0 Å². The third-order valence-electron chi connectivity index (χ3n) is 1.97. The summed E-state index contributed by atoms with van der Waals surface area (Å²) in [5.41, 5.74) is 0.612. The van der Waals surface area contributed by atoms with Crippen molar-refractivity contribution in [3.63, 3.8) is 0 Å². The Morgan fingerprint density at radius 1 is 1.43 bits per heavy atom. The molecule has 14 heavy (non-hydrogen) atoms. The molecule has 2 N–H and O–H groups in total. The molecule has 0 aliphatic carbocycles. The summed E-state index contributed by atoms with van der Waals surface area (Å²) in [6.45, 7) is 0. The van der Waals surface area contributed by atoms with Crippen molar-refractivity contribution in [3.8, 4) is 0 Å². The van der Waals surface area contributed by atoms with E-state index in [4.69, 9.17) is 10.0 Å². The van der Waals surface area contributed by atoms with Crippen molar-refractivity contribution in [2.45, 2.75) is 0 Å². The summed E-state index contributed by atoms with van der Waals surface area (Å²) in [6, 6.07) is 2.44. The summed E-state index contributed by atoms with van der Waals surface area (Å²) >= 11 is 0. The van der Waals surface area contributed by atoms with Crippen LogP contribution in [0.25, 0.3) is 11.0 Å².